The molecule has 2 unspecified atom stereocenters. The van der Waals surface area contributed by atoms with E-state index >= 15 is 0 Å². The van der Waals surface area contributed by atoms with Crippen molar-refractivity contribution < 1.29 is 4.74 Å². The van der Waals surface area contributed by atoms with Crippen molar-refractivity contribution in [3.05, 3.63) is 0 Å². The summed E-state index contributed by atoms with van der Waals surface area (Å²) in [7, 11) is 1.71. The largest absolute Gasteiger partial charge is 0.380 e. The molecular weight excluding hydrogens is 138 g/mol. The Morgan fingerprint density at radius 1 is 1.36 bits per heavy atom. The van der Waals surface area contributed by atoms with Gasteiger partial charge in [-0.1, -0.05) is 26.2 Å². The van der Waals surface area contributed by atoms with Gasteiger partial charge >= 0.3 is 0 Å². The molecule has 0 aliphatic rings. The van der Waals surface area contributed by atoms with Crippen LogP contribution in [0.3, 0.4) is 0 Å². The Morgan fingerprint density at radius 2 is 2.00 bits per heavy atom. The van der Waals surface area contributed by atoms with Crippen molar-refractivity contribution in [3.8, 4) is 0 Å². The van der Waals surface area contributed by atoms with Crippen molar-refractivity contribution in [3.63, 3.8) is 0 Å². The molecule has 0 saturated heterocycles. The highest BCUT2D eigenvalue weighted by molar-refractivity contribution is 4.68. The van der Waals surface area contributed by atoms with Gasteiger partial charge in [-0.25, -0.2) is 0 Å². The van der Waals surface area contributed by atoms with Crippen LogP contribution in [0.2, 0.25) is 0 Å². The molecule has 0 aliphatic heterocycles. The number of hydrogen-bond acceptors (Lipinski definition) is 2. The molecule has 2 nitrogen and oxygen atoms in total. The Hall–Kier alpha value is -0.0800. The molecule has 0 rings (SSSR count). The summed E-state index contributed by atoms with van der Waals surface area (Å²) < 4.78 is 5.12. The molecule has 2 N–H and O–H groups in total. The second-order valence-electron chi connectivity index (χ2n) is 3.10. The third-order valence-electron chi connectivity index (χ3n) is 2.12. The zero-order valence-corrected chi connectivity index (χ0v) is 7.97. The molecule has 0 aromatic heterocycles. The van der Waals surface area contributed by atoms with Crippen molar-refractivity contribution in [1.29, 1.82) is 0 Å². The molecule has 2 heteroatoms. The molecule has 0 aromatic carbocycles. The van der Waals surface area contributed by atoms with E-state index in [0.717, 1.165) is 6.42 Å². The maximum atomic E-state index is 5.84. The summed E-state index contributed by atoms with van der Waals surface area (Å²) in [6.07, 6.45) is 5.05. The standard InChI is InChI=1S/C9H21NO/c1-4-5-6-7-9(10)8(2)11-3/h8-9H,4-7,10H2,1-3H3. The highest BCUT2D eigenvalue weighted by atomic mass is 16.5. The van der Waals surface area contributed by atoms with Crippen LogP contribution in [0.15, 0.2) is 0 Å². The van der Waals surface area contributed by atoms with E-state index in [1.54, 1.807) is 7.11 Å². The predicted octanol–water partition coefficient (Wildman–Crippen LogP) is 1.93. The number of rotatable bonds is 6. The second-order valence-corrected chi connectivity index (χ2v) is 3.10. The molecule has 0 bridgehead atoms. The third kappa shape index (κ3) is 5.22. The molecule has 0 aromatic rings. The maximum absolute atomic E-state index is 5.84. The van der Waals surface area contributed by atoms with Gasteiger partial charge in [0.2, 0.25) is 0 Å². The third-order valence-corrected chi connectivity index (χ3v) is 2.12. The first-order valence-corrected chi connectivity index (χ1v) is 4.50. The highest BCUT2D eigenvalue weighted by Crippen LogP contribution is 2.05. The summed E-state index contributed by atoms with van der Waals surface area (Å²) in [4.78, 5) is 0. The van der Waals surface area contributed by atoms with Crippen molar-refractivity contribution in [2.24, 2.45) is 5.73 Å². The van der Waals surface area contributed by atoms with Crippen LogP contribution in [-0.4, -0.2) is 19.3 Å². The lowest BCUT2D eigenvalue weighted by Gasteiger charge is -2.17. The zero-order valence-electron chi connectivity index (χ0n) is 7.97. The van der Waals surface area contributed by atoms with E-state index in [1.807, 2.05) is 6.92 Å². The highest BCUT2D eigenvalue weighted by Gasteiger charge is 2.09. The normalized spacial score (nSPS) is 16.4. The summed E-state index contributed by atoms with van der Waals surface area (Å²) in [5.74, 6) is 0. The minimum atomic E-state index is 0.201. The van der Waals surface area contributed by atoms with Gasteiger partial charge in [-0.2, -0.15) is 0 Å². The van der Waals surface area contributed by atoms with Gasteiger partial charge in [0.25, 0.3) is 0 Å². The fourth-order valence-corrected chi connectivity index (χ4v) is 1.04. The summed E-state index contributed by atoms with van der Waals surface area (Å²) in [6.45, 7) is 4.22. The van der Waals surface area contributed by atoms with Crippen LogP contribution in [0.1, 0.15) is 39.5 Å². The first kappa shape index (κ1) is 10.9. The number of ether oxygens (including phenoxy) is 1. The van der Waals surface area contributed by atoms with E-state index in [-0.39, 0.29) is 12.1 Å². The first-order valence-electron chi connectivity index (χ1n) is 4.50. The lowest BCUT2D eigenvalue weighted by molar-refractivity contribution is 0.0921. The van der Waals surface area contributed by atoms with Crippen molar-refractivity contribution in [1.82, 2.24) is 0 Å². The smallest absolute Gasteiger partial charge is 0.0694 e. The van der Waals surface area contributed by atoms with Crippen molar-refractivity contribution in [2.45, 2.75) is 51.7 Å². The Kier molecular flexibility index (Phi) is 6.57. The lowest BCUT2D eigenvalue weighted by Crippen LogP contribution is -2.33. The summed E-state index contributed by atoms with van der Waals surface area (Å²) in [6, 6.07) is 0.214. The summed E-state index contributed by atoms with van der Waals surface area (Å²) in [5, 5.41) is 0. The van der Waals surface area contributed by atoms with Gasteiger partial charge in [0.15, 0.2) is 0 Å². The van der Waals surface area contributed by atoms with E-state index in [1.165, 1.54) is 19.3 Å². The summed E-state index contributed by atoms with van der Waals surface area (Å²) in [5.41, 5.74) is 5.84. The molecular formula is C9H21NO. The quantitative estimate of drug-likeness (QED) is 0.601. The van der Waals surface area contributed by atoms with E-state index in [2.05, 4.69) is 6.92 Å². The van der Waals surface area contributed by atoms with Gasteiger partial charge in [0.1, 0.15) is 0 Å². The van der Waals surface area contributed by atoms with Gasteiger partial charge in [-0.05, 0) is 13.3 Å². The summed E-state index contributed by atoms with van der Waals surface area (Å²) >= 11 is 0. The topological polar surface area (TPSA) is 35.2 Å². The van der Waals surface area contributed by atoms with Crippen LogP contribution >= 0.6 is 0 Å². The van der Waals surface area contributed by atoms with Crippen LogP contribution in [0.5, 0.6) is 0 Å². The van der Waals surface area contributed by atoms with Crippen LogP contribution in [0.25, 0.3) is 0 Å². The Balaban J connectivity index is 3.28. The van der Waals surface area contributed by atoms with Gasteiger partial charge in [-0.15, -0.1) is 0 Å². The van der Waals surface area contributed by atoms with E-state index in [4.69, 9.17) is 10.5 Å². The molecule has 0 spiro atoms. The molecule has 0 saturated carbocycles. The zero-order chi connectivity index (χ0) is 8.69. The molecule has 11 heavy (non-hydrogen) atoms. The molecule has 68 valence electrons. The SMILES string of the molecule is CCCCCC(N)C(C)OC. The minimum absolute atomic E-state index is 0.201. The average molecular weight is 159 g/mol. The fraction of sp³-hybridized carbons (Fsp3) is 1.00. The number of methoxy groups -OCH3 is 1. The molecule has 0 amide bonds. The van der Waals surface area contributed by atoms with Gasteiger partial charge in [0.05, 0.1) is 6.10 Å². The molecule has 0 heterocycles. The predicted molar refractivity (Wildman–Crippen MR) is 48.6 cm³/mol. The minimum Gasteiger partial charge on any atom is -0.380 e. The Bertz CT molecular complexity index is 85.6. The Morgan fingerprint density at radius 3 is 2.45 bits per heavy atom. The van der Waals surface area contributed by atoms with Crippen LogP contribution in [0, 0.1) is 0 Å². The van der Waals surface area contributed by atoms with E-state index in [9.17, 15) is 0 Å². The molecule has 0 aliphatic carbocycles. The Labute approximate surface area is 70.1 Å². The number of hydrogen-bond donors (Lipinski definition) is 1. The van der Waals surface area contributed by atoms with E-state index < -0.39 is 0 Å². The van der Waals surface area contributed by atoms with Gasteiger partial charge in [-0.3, -0.25) is 0 Å². The van der Waals surface area contributed by atoms with E-state index in [0.29, 0.717) is 0 Å². The number of unbranched alkanes of at least 4 members (excludes halogenated alkanes) is 2. The van der Waals surface area contributed by atoms with Crippen molar-refractivity contribution in [2.75, 3.05) is 7.11 Å². The van der Waals surface area contributed by atoms with Gasteiger partial charge < -0.3 is 10.5 Å². The van der Waals surface area contributed by atoms with Crippen LogP contribution < -0.4 is 5.73 Å². The van der Waals surface area contributed by atoms with Crippen molar-refractivity contribution >= 4 is 0 Å². The maximum Gasteiger partial charge on any atom is 0.0694 e. The van der Waals surface area contributed by atoms with Crippen LogP contribution in [-0.2, 0) is 4.74 Å². The molecule has 2 atom stereocenters. The van der Waals surface area contributed by atoms with Crippen LogP contribution in [0.4, 0.5) is 0 Å². The average Bonchev–Trinajstić information content (AvgIpc) is 2.03. The monoisotopic (exact) mass is 159 g/mol. The fourth-order valence-electron chi connectivity index (χ4n) is 1.04. The lowest BCUT2D eigenvalue weighted by atomic mass is 10.1. The van der Waals surface area contributed by atoms with Gasteiger partial charge in [0, 0.05) is 13.2 Å². The molecule has 0 radical (unpaired) electrons. The number of nitrogens with two attached hydrogens (primary N) is 1. The first-order chi connectivity index (χ1) is 5.22. The molecule has 0 fully saturated rings. The second kappa shape index (κ2) is 6.62.